The lowest BCUT2D eigenvalue weighted by atomic mass is 10.1. The Labute approximate surface area is 182 Å². The van der Waals surface area contributed by atoms with Gasteiger partial charge in [-0.05, 0) is 51.0 Å². The van der Waals surface area contributed by atoms with Crippen molar-refractivity contribution < 1.29 is 9.53 Å². The van der Waals surface area contributed by atoms with Crippen molar-refractivity contribution in [3.8, 4) is 0 Å². The maximum atomic E-state index is 11.9. The Morgan fingerprint density at radius 2 is 1.87 bits per heavy atom. The van der Waals surface area contributed by atoms with Gasteiger partial charge in [0, 0.05) is 24.0 Å². The molecule has 7 heteroatoms. The molecule has 0 fully saturated rings. The fourth-order valence-electron chi connectivity index (χ4n) is 2.96. The molecule has 0 aliphatic heterocycles. The first-order valence-corrected chi connectivity index (χ1v) is 10.0. The van der Waals surface area contributed by atoms with E-state index in [1.807, 2.05) is 36.4 Å². The molecule has 0 unspecified atom stereocenters. The summed E-state index contributed by atoms with van der Waals surface area (Å²) in [4.78, 5) is 21.0. The van der Waals surface area contributed by atoms with Crippen LogP contribution >= 0.6 is 0 Å². The highest BCUT2D eigenvalue weighted by Crippen LogP contribution is 2.21. The van der Waals surface area contributed by atoms with Gasteiger partial charge in [-0.25, -0.2) is 9.78 Å². The highest BCUT2D eigenvalue weighted by Gasteiger charge is 2.15. The van der Waals surface area contributed by atoms with Crippen LogP contribution in [0.1, 0.15) is 44.9 Å². The number of aromatic nitrogens is 2. The minimum atomic E-state index is -0.592. The van der Waals surface area contributed by atoms with Crippen LogP contribution in [0.4, 0.5) is 10.6 Å². The first-order valence-electron chi connectivity index (χ1n) is 10.0. The third kappa shape index (κ3) is 6.12. The van der Waals surface area contributed by atoms with Gasteiger partial charge in [-0.3, -0.25) is 10.3 Å². The van der Waals surface area contributed by atoms with E-state index >= 15 is 0 Å². The van der Waals surface area contributed by atoms with Gasteiger partial charge in [-0.2, -0.15) is 0 Å². The molecule has 1 amide bonds. The number of nitrogens with zero attached hydrogens (tertiary/aromatic N) is 2. The van der Waals surface area contributed by atoms with Gasteiger partial charge in [-0.15, -0.1) is 0 Å². The molecule has 3 rings (SSSR count). The molecule has 0 bridgehead atoms. The zero-order chi connectivity index (χ0) is 22.4. The summed E-state index contributed by atoms with van der Waals surface area (Å²) in [7, 11) is 0. The fraction of sp³-hybridized carbons (Fsp3) is 0.250. The molecular formula is C24H27N5O2. The van der Waals surface area contributed by atoms with Gasteiger partial charge in [-0.1, -0.05) is 36.4 Å². The zero-order valence-corrected chi connectivity index (χ0v) is 18.1. The van der Waals surface area contributed by atoms with Crippen LogP contribution in [0.5, 0.6) is 0 Å². The zero-order valence-electron chi connectivity index (χ0n) is 18.1. The van der Waals surface area contributed by atoms with Gasteiger partial charge in [0.25, 0.3) is 0 Å². The van der Waals surface area contributed by atoms with E-state index in [1.54, 1.807) is 27.0 Å². The second-order valence-electron chi connectivity index (χ2n) is 8.13. The summed E-state index contributed by atoms with van der Waals surface area (Å²) in [6.07, 6.45) is 3.74. The van der Waals surface area contributed by atoms with Gasteiger partial charge >= 0.3 is 6.09 Å². The molecular weight excluding hydrogens is 390 g/mol. The highest BCUT2D eigenvalue weighted by molar-refractivity contribution is 6.09. The van der Waals surface area contributed by atoms with Crippen molar-refractivity contribution in [3.63, 3.8) is 0 Å². The van der Waals surface area contributed by atoms with E-state index in [0.29, 0.717) is 16.9 Å². The number of ether oxygens (including phenoxy) is 1. The van der Waals surface area contributed by atoms with E-state index in [2.05, 4.69) is 39.7 Å². The van der Waals surface area contributed by atoms with Crippen molar-refractivity contribution in [2.75, 3.05) is 5.32 Å². The summed E-state index contributed by atoms with van der Waals surface area (Å²) in [5.41, 5.74) is 3.27. The van der Waals surface area contributed by atoms with Crippen LogP contribution in [0.3, 0.4) is 0 Å². The van der Waals surface area contributed by atoms with E-state index in [1.165, 1.54) is 12.4 Å². The number of carbonyl (C=O) groups is 1. The topological polar surface area (TPSA) is 100.0 Å². The average Bonchev–Trinajstić information content (AvgIpc) is 2.73. The largest absolute Gasteiger partial charge is 0.444 e. The maximum Gasteiger partial charge on any atom is 0.411 e. The molecule has 0 saturated heterocycles. The summed E-state index contributed by atoms with van der Waals surface area (Å²) in [5.74, 6) is 0.686. The lowest BCUT2D eigenvalue weighted by molar-refractivity contribution is 0.0552. The van der Waals surface area contributed by atoms with Gasteiger partial charge in [0.1, 0.15) is 11.4 Å². The quantitative estimate of drug-likeness (QED) is 0.472. The first-order chi connectivity index (χ1) is 14.7. The maximum absolute atomic E-state index is 11.9. The minimum absolute atomic E-state index is 0.0959. The normalized spacial score (nSPS) is 12.8. The number of hydrogen-bond acceptors (Lipinski definition) is 6. The molecule has 1 aromatic heterocycles. The third-order valence-corrected chi connectivity index (χ3v) is 4.44. The second-order valence-corrected chi connectivity index (χ2v) is 8.13. The Kier molecular flexibility index (Phi) is 6.65. The van der Waals surface area contributed by atoms with Crippen molar-refractivity contribution in [1.82, 2.24) is 15.3 Å². The molecule has 0 spiro atoms. The Morgan fingerprint density at radius 1 is 1.13 bits per heavy atom. The van der Waals surface area contributed by atoms with Crippen LogP contribution in [-0.2, 0) is 4.74 Å². The molecule has 0 aliphatic carbocycles. The van der Waals surface area contributed by atoms with Crippen molar-refractivity contribution in [2.24, 2.45) is 0 Å². The van der Waals surface area contributed by atoms with Gasteiger partial charge in [0.05, 0.1) is 17.2 Å². The van der Waals surface area contributed by atoms with E-state index in [-0.39, 0.29) is 6.04 Å². The van der Waals surface area contributed by atoms with Crippen LogP contribution in [0, 0.1) is 5.41 Å². The smallest absolute Gasteiger partial charge is 0.411 e. The van der Waals surface area contributed by atoms with E-state index < -0.39 is 11.7 Å². The molecule has 7 nitrogen and oxygen atoms in total. The minimum Gasteiger partial charge on any atom is -0.444 e. The summed E-state index contributed by atoms with van der Waals surface area (Å²) in [6.45, 7) is 7.45. The highest BCUT2D eigenvalue weighted by atomic mass is 16.6. The summed E-state index contributed by atoms with van der Waals surface area (Å²) >= 11 is 0. The van der Waals surface area contributed by atoms with Crippen LogP contribution in [0.25, 0.3) is 16.6 Å². The third-order valence-electron chi connectivity index (χ3n) is 4.44. The van der Waals surface area contributed by atoms with Gasteiger partial charge in [0.2, 0.25) is 0 Å². The predicted octanol–water partition coefficient (Wildman–Crippen LogP) is 5.32. The lowest BCUT2D eigenvalue weighted by Gasteiger charge is -2.19. The predicted molar refractivity (Wildman–Crippen MR) is 124 cm³/mol. The van der Waals surface area contributed by atoms with Crippen LogP contribution in [0.2, 0.25) is 0 Å². The number of amides is 1. The van der Waals surface area contributed by atoms with Crippen molar-refractivity contribution in [2.45, 2.75) is 39.3 Å². The lowest BCUT2D eigenvalue weighted by Crippen LogP contribution is -2.29. The fourth-order valence-corrected chi connectivity index (χ4v) is 2.96. The van der Waals surface area contributed by atoms with Gasteiger partial charge < -0.3 is 15.5 Å². The van der Waals surface area contributed by atoms with Crippen molar-refractivity contribution >= 4 is 34.7 Å². The average molecular weight is 418 g/mol. The number of hydrogen-bond donors (Lipinski definition) is 3. The number of nitrogens with one attached hydrogen (secondary N) is 3. The molecule has 3 N–H and O–H groups in total. The van der Waals surface area contributed by atoms with Crippen LogP contribution < -0.4 is 10.6 Å². The molecule has 31 heavy (non-hydrogen) atoms. The standard InChI is InChI=1S/C24H27N5O2/c1-16(17-8-6-5-7-9-17)28-22-15-26-21-12-18(10-11-20(21)29-22)19(13-25)14-27-23(30)31-24(2,3)4/h5-16,25H,1-4H3,(H,27,30)(H,28,29)/b19-14+,25-13?/t16-/m1/s1. The van der Waals surface area contributed by atoms with E-state index in [0.717, 1.165) is 16.6 Å². The van der Waals surface area contributed by atoms with Crippen LogP contribution in [0.15, 0.2) is 60.9 Å². The SMILES string of the molecule is C[C@@H](Nc1cnc2cc(/C(C=N)=C/NC(=O)OC(C)(C)C)ccc2n1)c1ccccc1. The summed E-state index contributed by atoms with van der Waals surface area (Å²) in [5, 5.41) is 13.6. The molecule has 1 atom stereocenters. The monoisotopic (exact) mass is 417 g/mol. The number of rotatable bonds is 6. The number of allylic oxidation sites excluding steroid dienone is 1. The molecule has 0 radical (unpaired) electrons. The molecule has 160 valence electrons. The first kappa shape index (κ1) is 22.0. The Morgan fingerprint density at radius 3 is 2.55 bits per heavy atom. The number of fused-ring (bicyclic) bond motifs is 1. The van der Waals surface area contributed by atoms with Crippen LogP contribution in [-0.4, -0.2) is 27.9 Å². The Balaban J connectivity index is 1.76. The Bertz CT molecular complexity index is 1100. The van der Waals surface area contributed by atoms with E-state index in [9.17, 15) is 4.79 Å². The number of anilines is 1. The van der Waals surface area contributed by atoms with E-state index in [4.69, 9.17) is 10.1 Å². The van der Waals surface area contributed by atoms with Crippen molar-refractivity contribution in [3.05, 3.63) is 72.1 Å². The summed E-state index contributed by atoms with van der Waals surface area (Å²) < 4.78 is 5.22. The molecule has 1 heterocycles. The Hall–Kier alpha value is -3.74. The molecule has 0 saturated carbocycles. The second kappa shape index (κ2) is 9.38. The molecule has 0 aliphatic rings. The molecule has 2 aromatic carbocycles. The number of alkyl carbamates (subject to hydrolysis) is 1. The number of carbonyl (C=O) groups excluding carboxylic acids is 1. The van der Waals surface area contributed by atoms with Crippen molar-refractivity contribution in [1.29, 1.82) is 5.41 Å². The summed E-state index contributed by atoms with van der Waals surface area (Å²) in [6, 6.07) is 15.8. The number of benzene rings is 2. The molecule has 3 aromatic rings. The van der Waals surface area contributed by atoms with Gasteiger partial charge in [0.15, 0.2) is 0 Å².